The third kappa shape index (κ3) is 3.62. The monoisotopic (exact) mass is 413 g/mol. The molecule has 0 aliphatic heterocycles. The molecule has 108 valence electrons. The molecule has 0 heterocycles. The van der Waals surface area contributed by atoms with Gasteiger partial charge in [-0.05, 0) is 52.3 Å². The van der Waals surface area contributed by atoms with Crippen molar-refractivity contribution in [3.63, 3.8) is 0 Å². The van der Waals surface area contributed by atoms with Gasteiger partial charge >= 0.3 is 5.97 Å². The van der Waals surface area contributed by atoms with Crippen molar-refractivity contribution in [2.75, 3.05) is 5.32 Å². The van der Waals surface area contributed by atoms with Crippen LogP contribution in [0.3, 0.4) is 0 Å². The smallest absolute Gasteiger partial charge is 0.337 e. The second-order valence-electron chi connectivity index (χ2n) is 4.12. The minimum atomic E-state index is -1.15. The average Bonchev–Trinajstić information content (AvgIpc) is 2.43. The van der Waals surface area contributed by atoms with Crippen LogP contribution in [0.15, 0.2) is 45.3 Å². The fraction of sp³-hybridized carbons (Fsp3) is 0. The molecule has 0 aliphatic carbocycles. The number of aromatic carboxylic acids is 1. The number of benzene rings is 2. The number of carboxylic acids is 1. The van der Waals surface area contributed by atoms with Crippen LogP contribution in [0.5, 0.6) is 5.75 Å². The van der Waals surface area contributed by atoms with Crippen LogP contribution in [0, 0.1) is 0 Å². The van der Waals surface area contributed by atoms with E-state index in [1.807, 2.05) is 0 Å². The lowest BCUT2D eigenvalue weighted by Crippen LogP contribution is -2.14. The number of nitrogens with one attached hydrogen (secondary N) is 1. The van der Waals surface area contributed by atoms with Crippen LogP contribution in [0.4, 0.5) is 5.69 Å². The first-order valence-electron chi connectivity index (χ1n) is 5.71. The van der Waals surface area contributed by atoms with Gasteiger partial charge in [-0.1, -0.05) is 15.9 Å². The molecule has 0 spiro atoms. The van der Waals surface area contributed by atoms with Crippen molar-refractivity contribution in [3.05, 3.63) is 56.5 Å². The highest BCUT2D eigenvalue weighted by Crippen LogP contribution is 2.26. The minimum Gasteiger partial charge on any atom is -0.507 e. The quantitative estimate of drug-likeness (QED) is 0.711. The van der Waals surface area contributed by atoms with Gasteiger partial charge in [0, 0.05) is 10.0 Å². The van der Waals surface area contributed by atoms with Gasteiger partial charge in [0.25, 0.3) is 5.91 Å². The Labute approximate surface area is 136 Å². The third-order valence-electron chi connectivity index (χ3n) is 2.67. The molecule has 0 saturated heterocycles. The fourth-order valence-electron chi connectivity index (χ4n) is 1.65. The van der Waals surface area contributed by atoms with E-state index < -0.39 is 11.9 Å². The number of hydrogen-bond donors (Lipinski definition) is 3. The number of phenolic OH excluding ortho intramolecular Hbond substituents is 1. The Hall–Kier alpha value is -1.86. The molecule has 0 unspecified atom stereocenters. The highest BCUT2D eigenvalue weighted by Gasteiger charge is 2.15. The Morgan fingerprint density at radius 1 is 1.05 bits per heavy atom. The van der Waals surface area contributed by atoms with E-state index in [0.717, 1.165) is 0 Å². The van der Waals surface area contributed by atoms with Crippen molar-refractivity contribution in [2.24, 2.45) is 0 Å². The second kappa shape index (κ2) is 6.28. The van der Waals surface area contributed by atoms with Crippen molar-refractivity contribution in [3.8, 4) is 5.75 Å². The summed E-state index contributed by atoms with van der Waals surface area (Å²) >= 11 is 6.30. The third-order valence-corrected chi connectivity index (χ3v) is 3.83. The molecule has 1 amide bonds. The molecular formula is C14H9Br2NO4. The molecule has 3 N–H and O–H groups in total. The first-order chi connectivity index (χ1) is 9.88. The van der Waals surface area contributed by atoms with Crippen LogP contribution in [-0.4, -0.2) is 22.1 Å². The minimum absolute atomic E-state index is 0.0286. The number of halogens is 2. The zero-order chi connectivity index (χ0) is 15.6. The van der Waals surface area contributed by atoms with Gasteiger partial charge in [-0.2, -0.15) is 0 Å². The normalized spacial score (nSPS) is 10.2. The summed E-state index contributed by atoms with van der Waals surface area (Å²) in [7, 11) is 0. The van der Waals surface area contributed by atoms with Crippen molar-refractivity contribution in [2.45, 2.75) is 0 Å². The maximum absolute atomic E-state index is 12.1. The highest BCUT2D eigenvalue weighted by molar-refractivity contribution is 9.10. The summed E-state index contributed by atoms with van der Waals surface area (Å²) in [6.45, 7) is 0. The van der Waals surface area contributed by atoms with Gasteiger partial charge in [0.1, 0.15) is 5.75 Å². The van der Waals surface area contributed by atoms with Gasteiger partial charge in [-0.25, -0.2) is 4.79 Å². The van der Waals surface area contributed by atoms with E-state index in [-0.39, 0.29) is 22.6 Å². The Balaban J connectivity index is 2.31. The van der Waals surface area contributed by atoms with E-state index in [9.17, 15) is 14.7 Å². The Morgan fingerprint density at radius 3 is 2.38 bits per heavy atom. The van der Waals surface area contributed by atoms with E-state index in [0.29, 0.717) is 8.95 Å². The van der Waals surface area contributed by atoms with Crippen LogP contribution in [0.1, 0.15) is 20.7 Å². The van der Waals surface area contributed by atoms with E-state index >= 15 is 0 Å². The lowest BCUT2D eigenvalue weighted by molar-refractivity contribution is 0.0698. The maximum atomic E-state index is 12.1. The Bertz CT molecular complexity index is 731. The SMILES string of the molecule is O=C(Nc1ccc(Br)cc1C(=O)O)c1ccc(Br)c(O)c1. The van der Waals surface area contributed by atoms with E-state index in [2.05, 4.69) is 37.2 Å². The van der Waals surface area contributed by atoms with Crippen molar-refractivity contribution >= 4 is 49.4 Å². The number of phenols is 1. The van der Waals surface area contributed by atoms with Gasteiger partial charge in [-0.15, -0.1) is 0 Å². The van der Waals surface area contributed by atoms with Crippen LogP contribution >= 0.6 is 31.9 Å². The molecule has 0 aromatic heterocycles. The van der Waals surface area contributed by atoms with Gasteiger partial charge in [0.2, 0.25) is 0 Å². The number of carboxylic acid groups (broad SMARTS) is 1. The molecule has 0 saturated carbocycles. The molecule has 0 atom stereocenters. The summed E-state index contributed by atoms with van der Waals surface area (Å²) < 4.78 is 1.06. The van der Waals surface area contributed by atoms with Crippen molar-refractivity contribution in [1.29, 1.82) is 0 Å². The molecular weight excluding hydrogens is 406 g/mol. The number of anilines is 1. The summed E-state index contributed by atoms with van der Waals surface area (Å²) in [4.78, 5) is 23.3. The van der Waals surface area contributed by atoms with E-state index in [1.165, 1.54) is 30.3 Å². The predicted molar refractivity (Wildman–Crippen MR) is 84.9 cm³/mol. The summed E-state index contributed by atoms with van der Waals surface area (Å²) in [5.41, 5.74) is 0.368. The van der Waals surface area contributed by atoms with Gasteiger partial charge < -0.3 is 15.5 Å². The van der Waals surface area contributed by atoms with Gasteiger partial charge in [0.05, 0.1) is 15.7 Å². The molecule has 2 aromatic rings. The van der Waals surface area contributed by atoms with Crippen LogP contribution < -0.4 is 5.32 Å². The summed E-state index contributed by atoms with van der Waals surface area (Å²) in [6.07, 6.45) is 0. The number of carbonyl (C=O) groups is 2. The van der Waals surface area contributed by atoms with E-state index in [1.54, 1.807) is 6.07 Å². The van der Waals surface area contributed by atoms with Crippen LogP contribution in [0.25, 0.3) is 0 Å². The average molecular weight is 415 g/mol. The summed E-state index contributed by atoms with van der Waals surface area (Å²) in [6, 6.07) is 8.85. The first kappa shape index (κ1) is 15.5. The molecule has 2 aromatic carbocycles. The lowest BCUT2D eigenvalue weighted by atomic mass is 10.1. The Morgan fingerprint density at radius 2 is 1.76 bits per heavy atom. The summed E-state index contributed by atoms with van der Waals surface area (Å²) in [5, 5.41) is 21.2. The van der Waals surface area contributed by atoms with Crippen molar-refractivity contribution in [1.82, 2.24) is 0 Å². The molecule has 7 heteroatoms. The largest absolute Gasteiger partial charge is 0.507 e. The predicted octanol–water partition coefficient (Wildman–Crippen LogP) is 3.87. The Kier molecular flexibility index (Phi) is 4.64. The topological polar surface area (TPSA) is 86.6 Å². The highest BCUT2D eigenvalue weighted by atomic mass is 79.9. The number of hydrogen-bond acceptors (Lipinski definition) is 3. The number of rotatable bonds is 3. The molecule has 0 fully saturated rings. The molecule has 0 aliphatic rings. The number of aromatic hydroxyl groups is 1. The van der Waals surface area contributed by atoms with E-state index in [4.69, 9.17) is 5.11 Å². The molecule has 0 radical (unpaired) electrons. The number of carbonyl (C=O) groups excluding carboxylic acids is 1. The standard InChI is InChI=1S/C14H9Br2NO4/c15-8-2-4-11(9(6-8)14(20)21)17-13(19)7-1-3-10(16)12(18)5-7/h1-6,18H,(H,17,19)(H,20,21). The summed E-state index contributed by atoms with van der Waals surface area (Å²) in [5.74, 6) is -1.73. The van der Waals surface area contributed by atoms with Gasteiger partial charge in [0.15, 0.2) is 0 Å². The molecule has 0 bridgehead atoms. The molecule has 2 rings (SSSR count). The zero-order valence-corrected chi connectivity index (χ0v) is 13.6. The van der Waals surface area contributed by atoms with Crippen LogP contribution in [-0.2, 0) is 0 Å². The number of amides is 1. The first-order valence-corrected chi connectivity index (χ1v) is 7.30. The van der Waals surface area contributed by atoms with Crippen LogP contribution in [0.2, 0.25) is 0 Å². The molecule has 5 nitrogen and oxygen atoms in total. The van der Waals surface area contributed by atoms with Gasteiger partial charge in [-0.3, -0.25) is 4.79 Å². The zero-order valence-electron chi connectivity index (χ0n) is 10.4. The second-order valence-corrected chi connectivity index (χ2v) is 5.89. The van der Waals surface area contributed by atoms with Crippen molar-refractivity contribution < 1.29 is 19.8 Å². The fourth-order valence-corrected chi connectivity index (χ4v) is 2.26. The maximum Gasteiger partial charge on any atom is 0.337 e. The molecule has 21 heavy (non-hydrogen) atoms. The lowest BCUT2D eigenvalue weighted by Gasteiger charge is -2.09.